The highest BCUT2D eigenvalue weighted by Crippen LogP contribution is 2.09. The molecule has 7 nitrogen and oxygen atoms in total. The standard InChI is InChI=1S/C17H30N4O3S/c1-4-18-17(19-11-6-14-24-5-2)20-12-13-21-25(22,23)16-9-7-15(3)8-10-16/h7-10,21H,4-6,11-14H2,1-3H3,(H2,18,19,20). The third kappa shape index (κ3) is 8.85. The van der Waals surface area contributed by atoms with Gasteiger partial charge in [0.25, 0.3) is 0 Å². The first kappa shape index (κ1) is 21.4. The molecule has 25 heavy (non-hydrogen) atoms. The van der Waals surface area contributed by atoms with Crippen molar-refractivity contribution in [2.45, 2.75) is 32.1 Å². The highest BCUT2D eigenvalue weighted by atomic mass is 32.2. The summed E-state index contributed by atoms with van der Waals surface area (Å²) in [5.74, 6) is 0.675. The summed E-state index contributed by atoms with van der Waals surface area (Å²) in [4.78, 5) is 4.70. The summed E-state index contributed by atoms with van der Waals surface area (Å²) >= 11 is 0. The van der Waals surface area contributed by atoms with Gasteiger partial charge in [0.2, 0.25) is 10.0 Å². The number of nitrogens with zero attached hydrogens (tertiary/aromatic N) is 1. The number of nitrogens with one attached hydrogen (secondary N) is 3. The van der Waals surface area contributed by atoms with Gasteiger partial charge in [0.1, 0.15) is 0 Å². The van der Waals surface area contributed by atoms with Crippen LogP contribution in [0.4, 0.5) is 0 Å². The van der Waals surface area contributed by atoms with Gasteiger partial charge in [-0.2, -0.15) is 0 Å². The number of sulfonamides is 1. The van der Waals surface area contributed by atoms with Crippen molar-refractivity contribution in [1.29, 1.82) is 0 Å². The number of aryl methyl sites for hydroxylation is 1. The summed E-state index contributed by atoms with van der Waals surface area (Å²) < 4.78 is 32.2. The Hall–Kier alpha value is -1.64. The van der Waals surface area contributed by atoms with Crippen LogP contribution in [0.25, 0.3) is 0 Å². The molecule has 0 saturated carbocycles. The lowest BCUT2D eigenvalue weighted by Crippen LogP contribution is -2.41. The van der Waals surface area contributed by atoms with Gasteiger partial charge < -0.3 is 15.4 Å². The number of rotatable bonds is 11. The van der Waals surface area contributed by atoms with E-state index in [0.717, 1.165) is 18.5 Å². The molecule has 1 rings (SSSR count). The maximum atomic E-state index is 12.2. The van der Waals surface area contributed by atoms with Gasteiger partial charge in [-0.1, -0.05) is 17.7 Å². The Morgan fingerprint density at radius 3 is 2.48 bits per heavy atom. The fraction of sp³-hybridized carbons (Fsp3) is 0.588. The van der Waals surface area contributed by atoms with E-state index in [2.05, 4.69) is 20.3 Å². The van der Waals surface area contributed by atoms with Crippen LogP contribution >= 0.6 is 0 Å². The van der Waals surface area contributed by atoms with Crippen LogP contribution in [0.5, 0.6) is 0 Å². The molecule has 0 heterocycles. The van der Waals surface area contributed by atoms with E-state index in [0.29, 0.717) is 32.3 Å². The van der Waals surface area contributed by atoms with E-state index >= 15 is 0 Å². The molecule has 0 aromatic heterocycles. The molecule has 0 amide bonds. The third-order valence-corrected chi connectivity index (χ3v) is 4.78. The van der Waals surface area contributed by atoms with Crippen molar-refractivity contribution >= 4 is 16.0 Å². The van der Waals surface area contributed by atoms with E-state index in [1.165, 1.54) is 0 Å². The van der Waals surface area contributed by atoms with Crippen molar-refractivity contribution in [3.8, 4) is 0 Å². The smallest absolute Gasteiger partial charge is 0.240 e. The van der Waals surface area contributed by atoms with Gasteiger partial charge in [-0.25, -0.2) is 13.1 Å². The van der Waals surface area contributed by atoms with Crippen LogP contribution in [0.3, 0.4) is 0 Å². The molecule has 0 fully saturated rings. The molecular formula is C17H30N4O3S. The Morgan fingerprint density at radius 1 is 1.12 bits per heavy atom. The van der Waals surface area contributed by atoms with E-state index < -0.39 is 10.0 Å². The lowest BCUT2D eigenvalue weighted by molar-refractivity contribution is 0.146. The van der Waals surface area contributed by atoms with Crippen LogP contribution < -0.4 is 15.4 Å². The second-order valence-corrected chi connectivity index (χ2v) is 7.22. The molecule has 8 heteroatoms. The second kappa shape index (κ2) is 11.8. The van der Waals surface area contributed by atoms with Crippen LogP contribution in [0.1, 0.15) is 25.8 Å². The molecule has 1 aromatic rings. The van der Waals surface area contributed by atoms with Crippen molar-refractivity contribution in [3.05, 3.63) is 29.8 Å². The molecule has 3 N–H and O–H groups in total. The van der Waals surface area contributed by atoms with Crippen molar-refractivity contribution in [2.75, 3.05) is 39.4 Å². The van der Waals surface area contributed by atoms with Gasteiger partial charge >= 0.3 is 0 Å². The number of benzene rings is 1. The first-order valence-corrected chi connectivity index (χ1v) is 10.1. The summed E-state index contributed by atoms with van der Waals surface area (Å²) in [6.07, 6.45) is 0.852. The van der Waals surface area contributed by atoms with Crippen molar-refractivity contribution < 1.29 is 13.2 Å². The lowest BCUT2D eigenvalue weighted by atomic mass is 10.2. The maximum Gasteiger partial charge on any atom is 0.240 e. The number of guanidine groups is 1. The summed E-state index contributed by atoms with van der Waals surface area (Å²) in [5, 5.41) is 6.25. The third-order valence-electron chi connectivity index (χ3n) is 3.31. The van der Waals surface area contributed by atoms with Crippen molar-refractivity contribution in [1.82, 2.24) is 15.4 Å². The maximum absolute atomic E-state index is 12.2. The molecule has 1 aromatic carbocycles. The highest BCUT2D eigenvalue weighted by molar-refractivity contribution is 7.89. The largest absolute Gasteiger partial charge is 0.382 e. The van der Waals surface area contributed by atoms with E-state index in [1.54, 1.807) is 24.3 Å². The van der Waals surface area contributed by atoms with Crippen LogP contribution in [-0.4, -0.2) is 53.8 Å². The molecule has 0 bridgehead atoms. The van der Waals surface area contributed by atoms with Gasteiger partial charge in [-0.05, 0) is 39.3 Å². The van der Waals surface area contributed by atoms with E-state index in [-0.39, 0.29) is 11.4 Å². The summed E-state index contributed by atoms with van der Waals surface area (Å²) in [7, 11) is -3.48. The minimum atomic E-state index is -3.48. The number of hydrogen-bond acceptors (Lipinski definition) is 4. The van der Waals surface area contributed by atoms with Crippen molar-refractivity contribution in [2.24, 2.45) is 4.99 Å². The first-order valence-electron chi connectivity index (χ1n) is 8.66. The minimum absolute atomic E-state index is 0.273. The molecule has 0 radical (unpaired) electrons. The van der Waals surface area contributed by atoms with E-state index in [4.69, 9.17) is 4.74 Å². The molecule has 0 spiro atoms. The molecule has 0 aliphatic heterocycles. The second-order valence-electron chi connectivity index (χ2n) is 5.45. The summed E-state index contributed by atoms with van der Waals surface area (Å²) in [6.45, 7) is 9.39. The molecule has 0 atom stereocenters. The molecule has 0 saturated heterocycles. The molecule has 0 aliphatic rings. The van der Waals surface area contributed by atoms with Crippen molar-refractivity contribution in [3.63, 3.8) is 0 Å². The number of hydrogen-bond donors (Lipinski definition) is 3. The quantitative estimate of drug-likeness (QED) is 0.310. The van der Waals surface area contributed by atoms with Gasteiger partial charge in [0, 0.05) is 39.4 Å². The first-order chi connectivity index (χ1) is 12.0. The van der Waals surface area contributed by atoms with Crippen LogP contribution in [0, 0.1) is 6.92 Å². The van der Waals surface area contributed by atoms with Gasteiger partial charge in [-0.15, -0.1) is 0 Å². The van der Waals surface area contributed by atoms with Crippen LogP contribution in [-0.2, 0) is 14.8 Å². The lowest BCUT2D eigenvalue weighted by Gasteiger charge is -2.12. The average Bonchev–Trinajstić information content (AvgIpc) is 2.58. The Kier molecular flexibility index (Phi) is 10.1. The molecule has 142 valence electrons. The fourth-order valence-electron chi connectivity index (χ4n) is 2.01. The zero-order chi connectivity index (χ0) is 18.5. The summed E-state index contributed by atoms with van der Waals surface area (Å²) in [5.41, 5.74) is 1.02. The SMILES string of the molecule is CCNC(=NCCCOCC)NCCNS(=O)(=O)c1ccc(C)cc1. The fourth-order valence-corrected chi connectivity index (χ4v) is 3.04. The zero-order valence-electron chi connectivity index (χ0n) is 15.3. The molecular weight excluding hydrogens is 340 g/mol. The number of aliphatic imine (C=N–C) groups is 1. The molecule has 0 aliphatic carbocycles. The van der Waals surface area contributed by atoms with Gasteiger partial charge in [-0.3, -0.25) is 4.99 Å². The Labute approximate surface area is 151 Å². The Morgan fingerprint density at radius 2 is 1.84 bits per heavy atom. The normalized spacial score (nSPS) is 12.2. The number of ether oxygens (including phenoxy) is 1. The van der Waals surface area contributed by atoms with E-state index in [9.17, 15) is 8.42 Å². The zero-order valence-corrected chi connectivity index (χ0v) is 16.2. The average molecular weight is 371 g/mol. The Bertz CT molecular complexity index is 615. The van der Waals surface area contributed by atoms with Crippen LogP contribution in [0.15, 0.2) is 34.2 Å². The van der Waals surface area contributed by atoms with Gasteiger partial charge in [0.15, 0.2) is 5.96 Å². The predicted molar refractivity (Wildman–Crippen MR) is 101 cm³/mol. The summed E-state index contributed by atoms with van der Waals surface area (Å²) in [6, 6.07) is 6.78. The highest BCUT2D eigenvalue weighted by Gasteiger charge is 2.12. The van der Waals surface area contributed by atoms with E-state index in [1.807, 2.05) is 20.8 Å². The minimum Gasteiger partial charge on any atom is -0.382 e. The van der Waals surface area contributed by atoms with Gasteiger partial charge in [0.05, 0.1) is 4.90 Å². The molecule has 0 unspecified atom stereocenters. The Balaban J connectivity index is 2.39. The topological polar surface area (TPSA) is 91.8 Å². The monoisotopic (exact) mass is 370 g/mol. The predicted octanol–water partition coefficient (Wildman–Crippen LogP) is 1.26. The van der Waals surface area contributed by atoms with Crippen LogP contribution in [0.2, 0.25) is 0 Å².